The van der Waals surface area contributed by atoms with Crippen molar-refractivity contribution in [1.82, 2.24) is 4.90 Å². The molecule has 2 N–H and O–H groups in total. The molecular formula is C14H19NO4. The lowest BCUT2D eigenvalue weighted by Gasteiger charge is -2.34. The Labute approximate surface area is 112 Å². The fourth-order valence-electron chi connectivity index (χ4n) is 2.18. The molecule has 0 aromatic heterocycles. The lowest BCUT2D eigenvalue weighted by atomic mass is 9.96. The lowest BCUT2D eigenvalue weighted by molar-refractivity contribution is -0.00221. The zero-order valence-corrected chi connectivity index (χ0v) is 10.7. The first-order chi connectivity index (χ1) is 9.20. The second kappa shape index (κ2) is 6.54. The van der Waals surface area contributed by atoms with Crippen LogP contribution in [0.3, 0.4) is 0 Å². The summed E-state index contributed by atoms with van der Waals surface area (Å²) in [5.74, 6) is -0.280. The van der Waals surface area contributed by atoms with E-state index in [2.05, 4.69) is 0 Å². The van der Waals surface area contributed by atoms with Crippen molar-refractivity contribution in [2.75, 3.05) is 19.7 Å². The van der Waals surface area contributed by atoms with Gasteiger partial charge in [-0.25, -0.2) is 4.79 Å². The van der Waals surface area contributed by atoms with Crippen molar-refractivity contribution < 1.29 is 19.7 Å². The number of aliphatic hydroxyl groups is 2. The van der Waals surface area contributed by atoms with Gasteiger partial charge >= 0.3 is 6.09 Å². The van der Waals surface area contributed by atoms with Gasteiger partial charge in [0.05, 0.1) is 12.7 Å². The van der Waals surface area contributed by atoms with Gasteiger partial charge in [0.25, 0.3) is 0 Å². The van der Waals surface area contributed by atoms with Crippen molar-refractivity contribution in [3.8, 4) is 0 Å². The molecular weight excluding hydrogens is 246 g/mol. The minimum Gasteiger partial charge on any atom is -0.445 e. The van der Waals surface area contributed by atoms with Crippen molar-refractivity contribution >= 4 is 6.09 Å². The Balaban J connectivity index is 1.83. The maximum atomic E-state index is 11.9. The average molecular weight is 265 g/mol. The summed E-state index contributed by atoms with van der Waals surface area (Å²) < 4.78 is 5.22. The zero-order valence-electron chi connectivity index (χ0n) is 10.7. The van der Waals surface area contributed by atoms with Crippen LogP contribution in [-0.2, 0) is 11.3 Å². The molecule has 1 amide bonds. The number of amides is 1. The van der Waals surface area contributed by atoms with Gasteiger partial charge in [-0.3, -0.25) is 0 Å². The Morgan fingerprint density at radius 3 is 2.79 bits per heavy atom. The van der Waals surface area contributed by atoms with E-state index in [1.807, 2.05) is 30.3 Å². The number of likely N-dealkylation sites (tertiary alicyclic amines) is 1. The third-order valence-electron chi connectivity index (χ3n) is 3.39. The van der Waals surface area contributed by atoms with E-state index in [0.29, 0.717) is 19.5 Å². The number of hydrogen-bond donors (Lipinski definition) is 2. The Morgan fingerprint density at radius 2 is 2.11 bits per heavy atom. The highest BCUT2D eigenvalue weighted by Gasteiger charge is 2.30. The molecule has 2 rings (SSSR count). The van der Waals surface area contributed by atoms with E-state index in [4.69, 9.17) is 9.84 Å². The zero-order chi connectivity index (χ0) is 13.7. The number of carbonyl (C=O) groups is 1. The Kier molecular flexibility index (Phi) is 4.76. The number of rotatable bonds is 3. The average Bonchev–Trinajstić information content (AvgIpc) is 2.46. The van der Waals surface area contributed by atoms with E-state index in [1.165, 1.54) is 4.90 Å². The molecule has 1 heterocycles. The molecule has 0 saturated carbocycles. The predicted octanol–water partition coefficient (Wildman–Crippen LogP) is 0.998. The summed E-state index contributed by atoms with van der Waals surface area (Å²) in [7, 11) is 0. The van der Waals surface area contributed by atoms with Crippen LogP contribution < -0.4 is 0 Å². The summed E-state index contributed by atoms with van der Waals surface area (Å²) in [5, 5.41) is 18.8. The van der Waals surface area contributed by atoms with Crippen LogP contribution >= 0.6 is 0 Å². The highest BCUT2D eigenvalue weighted by atomic mass is 16.6. The number of aliphatic hydroxyl groups excluding tert-OH is 2. The highest BCUT2D eigenvalue weighted by molar-refractivity contribution is 5.67. The molecule has 0 aliphatic carbocycles. The smallest absolute Gasteiger partial charge is 0.410 e. The van der Waals surface area contributed by atoms with E-state index in [0.717, 1.165) is 5.56 Å². The lowest BCUT2D eigenvalue weighted by Crippen LogP contribution is -2.47. The van der Waals surface area contributed by atoms with Crippen molar-refractivity contribution in [1.29, 1.82) is 0 Å². The van der Waals surface area contributed by atoms with Crippen LogP contribution in [0, 0.1) is 5.92 Å². The highest BCUT2D eigenvalue weighted by Crippen LogP contribution is 2.17. The van der Waals surface area contributed by atoms with Crippen LogP contribution in [-0.4, -0.2) is 47.0 Å². The summed E-state index contributed by atoms with van der Waals surface area (Å²) in [6.45, 7) is 0.919. The van der Waals surface area contributed by atoms with Gasteiger partial charge in [0.1, 0.15) is 6.61 Å². The monoisotopic (exact) mass is 265 g/mol. The molecule has 0 unspecified atom stereocenters. The second-order valence-corrected chi connectivity index (χ2v) is 4.78. The summed E-state index contributed by atoms with van der Waals surface area (Å²) >= 11 is 0. The van der Waals surface area contributed by atoms with Crippen LogP contribution in [0.5, 0.6) is 0 Å². The molecule has 1 aliphatic heterocycles. The molecule has 19 heavy (non-hydrogen) atoms. The Morgan fingerprint density at radius 1 is 1.37 bits per heavy atom. The number of carbonyl (C=O) groups excluding carboxylic acids is 1. The van der Waals surface area contributed by atoms with E-state index in [1.54, 1.807) is 0 Å². The molecule has 0 bridgehead atoms. The van der Waals surface area contributed by atoms with Gasteiger partial charge in [-0.2, -0.15) is 0 Å². The Bertz CT molecular complexity index is 409. The largest absolute Gasteiger partial charge is 0.445 e. The molecule has 104 valence electrons. The number of benzene rings is 1. The van der Waals surface area contributed by atoms with E-state index in [9.17, 15) is 9.90 Å². The molecule has 0 spiro atoms. The van der Waals surface area contributed by atoms with E-state index in [-0.39, 0.29) is 19.1 Å². The number of piperidine rings is 1. The molecule has 2 atom stereocenters. The molecule has 1 aromatic rings. The molecule has 1 aromatic carbocycles. The first-order valence-electron chi connectivity index (χ1n) is 6.45. The maximum Gasteiger partial charge on any atom is 0.410 e. The fraction of sp³-hybridized carbons (Fsp3) is 0.500. The molecule has 1 saturated heterocycles. The molecule has 5 heteroatoms. The maximum absolute atomic E-state index is 11.9. The van der Waals surface area contributed by atoms with Crippen molar-refractivity contribution in [3.63, 3.8) is 0 Å². The van der Waals surface area contributed by atoms with Gasteiger partial charge in [-0.05, 0) is 12.0 Å². The number of hydrogen-bond acceptors (Lipinski definition) is 4. The van der Waals surface area contributed by atoms with Gasteiger partial charge in [-0.1, -0.05) is 30.3 Å². The van der Waals surface area contributed by atoms with Gasteiger partial charge < -0.3 is 19.8 Å². The third kappa shape index (κ3) is 3.68. The normalized spacial score (nSPS) is 23.2. The minimum atomic E-state index is -0.539. The summed E-state index contributed by atoms with van der Waals surface area (Å²) in [6, 6.07) is 9.47. The van der Waals surface area contributed by atoms with E-state index < -0.39 is 12.2 Å². The minimum absolute atomic E-state index is 0.121. The van der Waals surface area contributed by atoms with Gasteiger partial charge in [0.2, 0.25) is 0 Å². The Hall–Kier alpha value is -1.59. The van der Waals surface area contributed by atoms with Gasteiger partial charge in [0.15, 0.2) is 0 Å². The molecule has 1 aliphatic rings. The topological polar surface area (TPSA) is 70.0 Å². The molecule has 1 fully saturated rings. The third-order valence-corrected chi connectivity index (χ3v) is 3.39. The van der Waals surface area contributed by atoms with Crippen molar-refractivity contribution in [2.24, 2.45) is 5.92 Å². The van der Waals surface area contributed by atoms with Crippen LogP contribution in [0.15, 0.2) is 30.3 Å². The first kappa shape index (κ1) is 13.8. The summed E-state index contributed by atoms with van der Waals surface area (Å²) in [4.78, 5) is 13.4. The van der Waals surface area contributed by atoms with E-state index >= 15 is 0 Å². The van der Waals surface area contributed by atoms with Crippen LogP contribution in [0.1, 0.15) is 12.0 Å². The summed E-state index contributed by atoms with van der Waals surface area (Å²) in [6.07, 6.45) is -0.455. The number of ether oxygens (including phenoxy) is 1. The van der Waals surface area contributed by atoms with Crippen LogP contribution in [0.4, 0.5) is 4.79 Å². The van der Waals surface area contributed by atoms with Crippen molar-refractivity contribution in [3.05, 3.63) is 35.9 Å². The standard InChI is InChI=1S/C14H19NO4/c16-9-12-8-15(7-6-13(12)17)14(18)19-10-11-4-2-1-3-5-11/h1-5,12-13,16-17H,6-10H2/t12-,13+/m1/s1. The SMILES string of the molecule is O=C(OCc1ccccc1)N1CC[C@H](O)[C@@H](CO)C1. The first-order valence-corrected chi connectivity index (χ1v) is 6.45. The predicted molar refractivity (Wildman–Crippen MR) is 69.4 cm³/mol. The van der Waals surface area contributed by atoms with Crippen molar-refractivity contribution in [2.45, 2.75) is 19.1 Å². The molecule has 0 radical (unpaired) electrons. The number of nitrogens with zero attached hydrogens (tertiary/aromatic N) is 1. The van der Waals surface area contributed by atoms with Gasteiger partial charge in [0, 0.05) is 19.0 Å². The quantitative estimate of drug-likeness (QED) is 0.855. The van der Waals surface area contributed by atoms with Gasteiger partial charge in [-0.15, -0.1) is 0 Å². The second-order valence-electron chi connectivity index (χ2n) is 4.78. The summed E-state index contributed by atoms with van der Waals surface area (Å²) in [5.41, 5.74) is 0.937. The molecule has 5 nitrogen and oxygen atoms in total. The fourth-order valence-corrected chi connectivity index (χ4v) is 2.18. The van der Waals surface area contributed by atoms with Crippen LogP contribution in [0.25, 0.3) is 0 Å². The van der Waals surface area contributed by atoms with Crippen LogP contribution in [0.2, 0.25) is 0 Å².